The van der Waals surface area contributed by atoms with Crippen molar-refractivity contribution >= 4 is 27.5 Å². The molecule has 0 bridgehead atoms. The molecule has 1 amide bonds. The van der Waals surface area contributed by atoms with Crippen LogP contribution in [0, 0.1) is 6.92 Å². The summed E-state index contributed by atoms with van der Waals surface area (Å²) in [5, 5.41) is 0.421. The maximum atomic E-state index is 12.8. The van der Waals surface area contributed by atoms with Crippen molar-refractivity contribution < 1.29 is 17.9 Å². The van der Waals surface area contributed by atoms with Gasteiger partial charge in [-0.2, -0.15) is 4.31 Å². The van der Waals surface area contributed by atoms with Crippen molar-refractivity contribution in [1.82, 2.24) is 9.21 Å². The predicted molar refractivity (Wildman–Crippen MR) is 104 cm³/mol. The first-order valence-corrected chi connectivity index (χ1v) is 10.3. The van der Waals surface area contributed by atoms with Crippen LogP contribution in [0.1, 0.15) is 15.9 Å². The zero-order chi connectivity index (χ0) is 19.6. The summed E-state index contributed by atoms with van der Waals surface area (Å²) < 4.78 is 32.1. The maximum absolute atomic E-state index is 12.8. The van der Waals surface area contributed by atoms with E-state index in [0.29, 0.717) is 29.4 Å². The molecule has 0 radical (unpaired) electrons. The summed E-state index contributed by atoms with van der Waals surface area (Å²) in [5.41, 5.74) is 1.38. The predicted octanol–water partition coefficient (Wildman–Crippen LogP) is 2.80. The van der Waals surface area contributed by atoms with E-state index >= 15 is 0 Å². The second kappa shape index (κ2) is 7.88. The van der Waals surface area contributed by atoms with Crippen LogP contribution in [0.5, 0.6) is 5.75 Å². The SMILES string of the molecule is COc1ccc(C(=O)N2CCN(S(=O)(=O)c3ccc(C)c(Cl)c3)CC2)cc1. The van der Waals surface area contributed by atoms with Crippen LogP contribution in [-0.2, 0) is 10.0 Å². The van der Waals surface area contributed by atoms with Crippen molar-refractivity contribution in [2.24, 2.45) is 0 Å². The Hall–Kier alpha value is -2.09. The number of benzene rings is 2. The van der Waals surface area contributed by atoms with Crippen LogP contribution in [0.4, 0.5) is 0 Å². The summed E-state index contributed by atoms with van der Waals surface area (Å²) in [6.07, 6.45) is 0. The number of amides is 1. The second-order valence-electron chi connectivity index (χ2n) is 6.34. The molecule has 0 aromatic heterocycles. The van der Waals surface area contributed by atoms with Gasteiger partial charge in [0.2, 0.25) is 10.0 Å². The van der Waals surface area contributed by atoms with Crippen molar-refractivity contribution in [3.05, 3.63) is 58.6 Å². The van der Waals surface area contributed by atoms with Gasteiger partial charge in [0.25, 0.3) is 5.91 Å². The van der Waals surface area contributed by atoms with Crippen LogP contribution in [0.15, 0.2) is 47.4 Å². The van der Waals surface area contributed by atoms with E-state index in [1.807, 2.05) is 6.92 Å². The number of hydrogen-bond acceptors (Lipinski definition) is 4. The number of methoxy groups -OCH3 is 1. The average Bonchev–Trinajstić information content (AvgIpc) is 2.69. The molecule has 0 unspecified atom stereocenters. The van der Waals surface area contributed by atoms with Crippen molar-refractivity contribution in [1.29, 1.82) is 0 Å². The summed E-state index contributed by atoms with van der Waals surface area (Å²) in [7, 11) is -2.06. The number of ether oxygens (including phenoxy) is 1. The number of aryl methyl sites for hydroxylation is 1. The maximum Gasteiger partial charge on any atom is 0.253 e. The van der Waals surface area contributed by atoms with Gasteiger partial charge in [0.15, 0.2) is 0 Å². The molecule has 0 atom stereocenters. The first-order chi connectivity index (χ1) is 12.8. The number of hydrogen-bond donors (Lipinski definition) is 0. The molecular formula is C19H21ClN2O4S. The fraction of sp³-hybridized carbons (Fsp3) is 0.316. The van der Waals surface area contributed by atoms with Crippen molar-refractivity contribution in [3.8, 4) is 5.75 Å². The zero-order valence-electron chi connectivity index (χ0n) is 15.2. The molecule has 1 aliphatic heterocycles. The van der Waals surface area contributed by atoms with Gasteiger partial charge < -0.3 is 9.64 Å². The highest BCUT2D eigenvalue weighted by Crippen LogP contribution is 2.24. The molecular weight excluding hydrogens is 388 g/mol. The van der Waals surface area contributed by atoms with Crippen molar-refractivity contribution in [2.45, 2.75) is 11.8 Å². The molecule has 6 nitrogen and oxygen atoms in total. The number of carbonyl (C=O) groups excluding carboxylic acids is 1. The lowest BCUT2D eigenvalue weighted by molar-refractivity contribution is 0.0698. The Bertz CT molecular complexity index is 937. The summed E-state index contributed by atoms with van der Waals surface area (Å²) in [6, 6.07) is 11.6. The average molecular weight is 409 g/mol. The number of sulfonamides is 1. The molecule has 8 heteroatoms. The lowest BCUT2D eigenvalue weighted by Gasteiger charge is -2.34. The second-order valence-corrected chi connectivity index (χ2v) is 8.68. The first-order valence-electron chi connectivity index (χ1n) is 8.52. The summed E-state index contributed by atoms with van der Waals surface area (Å²) in [5.74, 6) is 0.562. The van der Waals surface area contributed by atoms with Gasteiger partial charge in [0, 0.05) is 36.8 Å². The molecule has 0 N–H and O–H groups in total. The highest BCUT2D eigenvalue weighted by Gasteiger charge is 2.30. The lowest BCUT2D eigenvalue weighted by atomic mass is 10.2. The molecule has 1 saturated heterocycles. The van der Waals surface area contributed by atoms with Gasteiger partial charge in [-0.25, -0.2) is 8.42 Å². The summed E-state index contributed by atoms with van der Waals surface area (Å²) in [6.45, 7) is 2.99. The van der Waals surface area contributed by atoms with Crippen molar-refractivity contribution in [2.75, 3.05) is 33.3 Å². The Kier molecular flexibility index (Phi) is 5.74. The van der Waals surface area contributed by atoms with Crippen LogP contribution in [-0.4, -0.2) is 56.8 Å². The minimum absolute atomic E-state index is 0.118. The highest BCUT2D eigenvalue weighted by atomic mass is 35.5. The Balaban J connectivity index is 1.68. The van der Waals surface area contributed by atoms with Gasteiger partial charge in [-0.05, 0) is 48.9 Å². The molecule has 0 aliphatic carbocycles. The van der Waals surface area contributed by atoms with E-state index < -0.39 is 10.0 Å². The van der Waals surface area contributed by atoms with Crippen molar-refractivity contribution in [3.63, 3.8) is 0 Å². The van der Waals surface area contributed by atoms with E-state index in [0.717, 1.165) is 5.56 Å². The van der Waals surface area contributed by atoms with Gasteiger partial charge in [-0.15, -0.1) is 0 Å². The van der Waals surface area contributed by atoms with E-state index in [2.05, 4.69) is 0 Å². The number of piperazine rings is 1. The summed E-state index contributed by atoms with van der Waals surface area (Å²) in [4.78, 5) is 14.4. The van der Waals surface area contributed by atoms with Crippen LogP contribution >= 0.6 is 11.6 Å². The molecule has 0 saturated carbocycles. The van der Waals surface area contributed by atoms with Gasteiger partial charge in [-0.3, -0.25) is 4.79 Å². The Labute approximate surface area is 164 Å². The lowest BCUT2D eigenvalue weighted by Crippen LogP contribution is -2.50. The largest absolute Gasteiger partial charge is 0.497 e. The van der Waals surface area contributed by atoms with Gasteiger partial charge in [-0.1, -0.05) is 17.7 Å². The Morgan fingerprint density at radius 3 is 2.22 bits per heavy atom. The first kappa shape index (κ1) is 19.7. The fourth-order valence-electron chi connectivity index (χ4n) is 2.93. The van der Waals surface area contributed by atoms with Gasteiger partial charge in [0.05, 0.1) is 12.0 Å². The molecule has 1 aliphatic rings. The smallest absolute Gasteiger partial charge is 0.253 e. The number of halogens is 1. The quantitative estimate of drug-likeness (QED) is 0.780. The third-order valence-electron chi connectivity index (χ3n) is 4.64. The van der Waals surface area contributed by atoms with E-state index in [4.69, 9.17) is 16.3 Å². The minimum Gasteiger partial charge on any atom is -0.497 e. The highest BCUT2D eigenvalue weighted by molar-refractivity contribution is 7.89. The molecule has 3 rings (SSSR count). The summed E-state index contributed by atoms with van der Waals surface area (Å²) >= 11 is 6.07. The van der Waals surface area contributed by atoms with E-state index in [9.17, 15) is 13.2 Å². The number of carbonyl (C=O) groups is 1. The zero-order valence-corrected chi connectivity index (χ0v) is 16.8. The number of nitrogens with zero attached hydrogens (tertiary/aromatic N) is 2. The van der Waals surface area contributed by atoms with Crippen LogP contribution in [0.2, 0.25) is 5.02 Å². The topological polar surface area (TPSA) is 66.9 Å². The van der Waals surface area contributed by atoms with E-state index in [1.54, 1.807) is 48.4 Å². The Morgan fingerprint density at radius 1 is 1.04 bits per heavy atom. The Morgan fingerprint density at radius 2 is 1.67 bits per heavy atom. The standard InChI is InChI=1S/C19H21ClN2O4S/c1-14-3-8-17(13-18(14)20)27(24,25)22-11-9-21(10-12-22)19(23)15-4-6-16(26-2)7-5-15/h3-8,13H,9-12H2,1-2H3. The van der Waals surface area contributed by atoms with Crippen LogP contribution < -0.4 is 4.74 Å². The molecule has 0 spiro atoms. The van der Waals surface area contributed by atoms with E-state index in [1.165, 1.54) is 10.4 Å². The minimum atomic E-state index is -3.63. The molecule has 1 fully saturated rings. The third kappa shape index (κ3) is 4.10. The molecule has 2 aromatic carbocycles. The third-order valence-corrected chi connectivity index (χ3v) is 6.95. The molecule has 144 valence electrons. The number of rotatable bonds is 4. The van der Waals surface area contributed by atoms with Crippen LogP contribution in [0.25, 0.3) is 0 Å². The fourth-order valence-corrected chi connectivity index (χ4v) is 4.63. The molecule has 2 aromatic rings. The van der Waals surface area contributed by atoms with Crippen LogP contribution in [0.3, 0.4) is 0 Å². The van der Waals surface area contributed by atoms with E-state index in [-0.39, 0.29) is 23.9 Å². The monoisotopic (exact) mass is 408 g/mol. The molecule has 27 heavy (non-hydrogen) atoms. The van der Waals surface area contributed by atoms with Gasteiger partial charge >= 0.3 is 0 Å². The molecule has 1 heterocycles. The normalized spacial score (nSPS) is 15.6. The van der Waals surface area contributed by atoms with Gasteiger partial charge in [0.1, 0.15) is 5.75 Å².